The number of urea groups is 1. The molecular weight excluding hydrogens is 224 g/mol. The molecule has 6 nitrogen and oxygen atoms in total. The van der Waals surface area contributed by atoms with Crippen LogP contribution in [0.5, 0.6) is 0 Å². The molecule has 0 spiro atoms. The molecule has 1 fully saturated rings. The number of aliphatic hydroxyl groups is 1. The van der Waals surface area contributed by atoms with Gasteiger partial charge in [-0.2, -0.15) is 0 Å². The van der Waals surface area contributed by atoms with Gasteiger partial charge in [-0.3, -0.25) is 0 Å². The Kier molecular flexibility index (Phi) is 5.21. The van der Waals surface area contributed by atoms with E-state index in [0.29, 0.717) is 12.5 Å². The second kappa shape index (κ2) is 6.44. The maximum absolute atomic E-state index is 11.4. The van der Waals surface area contributed by atoms with Crippen LogP contribution in [0.2, 0.25) is 0 Å². The van der Waals surface area contributed by atoms with Gasteiger partial charge in [0.1, 0.15) is 0 Å². The molecule has 4 N–H and O–H groups in total. The molecule has 0 aromatic heterocycles. The summed E-state index contributed by atoms with van der Waals surface area (Å²) >= 11 is 0. The summed E-state index contributed by atoms with van der Waals surface area (Å²) in [6.45, 7) is 1.90. The third kappa shape index (κ3) is 4.60. The Morgan fingerprint density at radius 2 is 1.94 bits per heavy atom. The molecule has 98 valence electrons. The maximum Gasteiger partial charge on any atom is 0.328 e. The molecule has 2 amide bonds. The van der Waals surface area contributed by atoms with E-state index in [0.717, 1.165) is 12.8 Å². The van der Waals surface area contributed by atoms with Gasteiger partial charge >= 0.3 is 12.0 Å². The summed E-state index contributed by atoms with van der Waals surface area (Å²) in [5.41, 5.74) is 0. The Hall–Kier alpha value is -1.30. The number of carbonyl (C=O) groups is 2. The molecule has 1 aliphatic carbocycles. The number of nitrogens with one attached hydrogen (secondary N) is 2. The topological polar surface area (TPSA) is 98.7 Å². The zero-order valence-corrected chi connectivity index (χ0v) is 9.98. The van der Waals surface area contributed by atoms with E-state index in [1.165, 1.54) is 19.8 Å². The highest BCUT2D eigenvalue weighted by Crippen LogP contribution is 2.23. The molecule has 0 aromatic carbocycles. The molecule has 1 saturated carbocycles. The minimum atomic E-state index is -1.27. The Labute approximate surface area is 100 Å². The molecule has 1 aliphatic rings. The Morgan fingerprint density at radius 3 is 2.41 bits per heavy atom. The van der Waals surface area contributed by atoms with E-state index < -0.39 is 24.1 Å². The smallest absolute Gasteiger partial charge is 0.328 e. The van der Waals surface area contributed by atoms with Crippen LogP contribution in [0, 0.1) is 5.92 Å². The van der Waals surface area contributed by atoms with Crippen molar-refractivity contribution in [2.24, 2.45) is 5.92 Å². The van der Waals surface area contributed by atoms with Gasteiger partial charge in [0.05, 0.1) is 6.10 Å². The highest BCUT2D eigenvalue weighted by Gasteiger charge is 2.25. The third-order valence-corrected chi connectivity index (χ3v) is 3.06. The fourth-order valence-corrected chi connectivity index (χ4v) is 2.03. The first-order chi connectivity index (χ1) is 8.00. The van der Waals surface area contributed by atoms with Crippen LogP contribution in [0.25, 0.3) is 0 Å². The van der Waals surface area contributed by atoms with Crippen molar-refractivity contribution in [1.29, 1.82) is 0 Å². The zero-order chi connectivity index (χ0) is 12.8. The predicted octanol–water partition coefficient (Wildman–Crippen LogP) is 0.310. The summed E-state index contributed by atoms with van der Waals surface area (Å²) in [4.78, 5) is 22.2. The van der Waals surface area contributed by atoms with Crippen LogP contribution < -0.4 is 10.6 Å². The van der Waals surface area contributed by atoms with Crippen LogP contribution in [-0.4, -0.2) is 40.9 Å². The molecule has 0 heterocycles. The van der Waals surface area contributed by atoms with Crippen molar-refractivity contribution in [3.63, 3.8) is 0 Å². The largest absolute Gasteiger partial charge is 0.480 e. The molecule has 6 heteroatoms. The molecule has 2 unspecified atom stereocenters. The van der Waals surface area contributed by atoms with Crippen LogP contribution in [-0.2, 0) is 4.79 Å². The average molecular weight is 244 g/mol. The highest BCUT2D eigenvalue weighted by molar-refractivity contribution is 5.82. The molecule has 0 radical (unpaired) electrons. The number of aliphatic hydroxyl groups excluding tert-OH is 1. The van der Waals surface area contributed by atoms with Gasteiger partial charge in [-0.05, 0) is 25.7 Å². The van der Waals surface area contributed by atoms with Gasteiger partial charge in [-0.25, -0.2) is 9.59 Å². The standard InChI is InChI=1S/C11H20N2O4/c1-7(14)9(10(15)16)13-11(17)12-6-8-4-2-3-5-8/h7-9,14H,2-6H2,1H3,(H,15,16)(H2,12,13,17). The van der Waals surface area contributed by atoms with Crippen molar-refractivity contribution >= 4 is 12.0 Å². The normalized spacial score (nSPS) is 19.6. The molecular formula is C11H20N2O4. The van der Waals surface area contributed by atoms with Crippen LogP contribution in [0.3, 0.4) is 0 Å². The summed E-state index contributed by atoms with van der Waals surface area (Å²) in [7, 11) is 0. The fraction of sp³-hybridized carbons (Fsp3) is 0.818. The molecule has 17 heavy (non-hydrogen) atoms. The lowest BCUT2D eigenvalue weighted by atomic mass is 10.1. The van der Waals surface area contributed by atoms with Gasteiger partial charge in [0.15, 0.2) is 6.04 Å². The molecule has 0 saturated heterocycles. The van der Waals surface area contributed by atoms with E-state index in [1.807, 2.05) is 0 Å². The first kappa shape index (κ1) is 13.8. The van der Waals surface area contributed by atoms with Gasteiger partial charge in [-0.1, -0.05) is 12.8 Å². The van der Waals surface area contributed by atoms with Gasteiger partial charge in [0.2, 0.25) is 0 Å². The van der Waals surface area contributed by atoms with E-state index in [1.54, 1.807) is 0 Å². The van der Waals surface area contributed by atoms with Crippen molar-refractivity contribution in [2.75, 3.05) is 6.54 Å². The van der Waals surface area contributed by atoms with Crippen LogP contribution in [0.4, 0.5) is 4.79 Å². The van der Waals surface area contributed by atoms with E-state index in [2.05, 4.69) is 10.6 Å². The number of hydrogen-bond donors (Lipinski definition) is 4. The number of aliphatic carboxylic acids is 1. The number of carboxylic acid groups (broad SMARTS) is 1. The lowest BCUT2D eigenvalue weighted by molar-refractivity contribution is -0.141. The lowest BCUT2D eigenvalue weighted by Gasteiger charge is -2.18. The molecule has 0 aromatic rings. The Morgan fingerprint density at radius 1 is 1.35 bits per heavy atom. The van der Waals surface area contributed by atoms with Gasteiger partial charge in [0, 0.05) is 6.54 Å². The van der Waals surface area contributed by atoms with Gasteiger partial charge < -0.3 is 20.8 Å². The summed E-state index contributed by atoms with van der Waals surface area (Å²) in [6, 6.07) is -1.80. The van der Waals surface area contributed by atoms with Crippen LogP contribution in [0.15, 0.2) is 0 Å². The highest BCUT2D eigenvalue weighted by atomic mass is 16.4. The predicted molar refractivity (Wildman–Crippen MR) is 61.6 cm³/mol. The van der Waals surface area contributed by atoms with Gasteiger partial charge in [-0.15, -0.1) is 0 Å². The van der Waals surface area contributed by atoms with E-state index >= 15 is 0 Å². The number of amides is 2. The van der Waals surface area contributed by atoms with E-state index in [9.17, 15) is 14.7 Å². The van der Waals surface area contributed by atoms with Crippen molar-refractivity contribution < 1.29 is 19.8 Å². The van der Waals surface area contributed by atoms with Crippen molar-refractivity contribution in [3.05, 3.63) is 0 Å². The minimum absolute atomic E-state index is 0.496. The SMILES string of the molecule is CC(O)C(NC(=O)NCC1CCCC1)C(=O)O. The first-order valence-electron chi connectivity index (χ1n) is 5.96. The molecule has 0 bridgehead atoms. The number of rotatable bonds is 5. The summed E-state index contributed by atoms with van der Waals surface area (Å²) < 4.78 is 0. The number of hydrogen-bond acceptors (Lipinski definition) is 3. The molecule has 2 atom stereocenters. The molecule has 0 aliphatic heterocycles. The van der Waals surface area contributed by atoms with Crippen LogP contribution in [0.1, 0.15) is 32.6 Å². The van der Waals surface area contributed by atoms with E-state index in [-0.39, 0.29) is 0 Å². The summed E-state index contributed by atoms with van der Waals surface area (Å²) in [5, 5.41) is 22.8. The Balaban J connectivity index is 2.29. The fourth-order valence-electron chi connectivity index (χ4n) is 2.03. The van der Waals surface area contributed by atoms with Crippen molar-refractivity contribution in [3.8, 4) is 0 Å². The van der Waals surface area contributed by atoms with Crippen LogP contribution >= 0.6 is 0 Å². The third-order valence-electron chi connectivity index (χ3n) is 3.06. The second-order valence-electron chi connectivity index (χ2n) is 4.56. The second-order valence-corrected chi connectivity index (χ2v) is 4.56. The Bertz CT molecular complexity index is 275. The number of carbonyl (C=O) groups excluding carboxylic acids is 1. The average Bonchev–Trinajstić information content (AvgIpc) is 2.74. The van der Waals surface area contributed by atoms with Gasteiger partial charge in [0.25, 0.3) is 0 Å². The monoisotopic (exact) mass is 244 g/mol. The summed E-state index contributed by atoms with van der Waals surface area (Å²) in [5.74, 6) is -0.744. The van der Waals surface area contributed by atoms with E-state index in [4.69, 9.17) is 5.11 Å². The number of carboxylic acids is 1. The minimum Gasteiger partial charge on any atom is -0.480 e. The zero-order valence-electron chi connectivity index (χ0n) is 9.98. The van der Waals surface area contributed by atoms with Crippen molar-refractivity contribution in [1.82, 2.24) is 10.6 Å². The summed E-state index contributed by atoms with van der Waals surface area (Å²) in [6.07, 6.45) is 3.49. The quantitative estimate of drug-likeness (QED) is 0.559. The maximum atomic E-state index is 11.4. The lowest BCUT2D eigenvalue weighted by Crippen LogP contribution is -2.51. The van der Waals surface area contributed by atoms with Crippen molar-refractivity contribution in [2.45, 2.75) is 44.8 Å². The molecule has 1 rings (SSSR count). The first-order valence-corrected chi connectivity index (χ1v) is 5.96.